The summed E-state index contributed by atoms with van der Waals surface area (Å²) in [6, 6.07) is 6.26. The highest BCUT2D eigenvalue weighted by molar-refractivity contribution is 7.89. The number of nitrogens with zero attached hydrogens (tertiary/aromatic N) is 1. The Bertz CT molecular complexity index is 897. The van der Waals surface area contributed by atoms with Gasteiger partial charge in [-0.3, -0.25) is 4.79 Å². The highest BCUT2D eigenvalue weighted by Crippen LogP contribution is 2.60. The van der Waals surface area contributed by atoms with Crippen LogP contribution in [0.1, 0.15) is 57.8 Å². The summed E-state index contributed by atoms with van der Waals surface area (Å²) < 4.78 is 28.1. The summed E-state index contributed by atoms with van der Waals surface area (Å²) in [5.41, 5.74) is -0.194. The molecule has 6 rings (SSSR count). The Morgan fingerprint density at radius 3 is 2.40 bits per heavy atom. The fourth-order valence-electron chi connectivity index (χ4n) is 7.04. The second kappa shape index (κ2) is 7.79. The maximum absolute atomic E-state index is 13.3. The van der Waals surface area contributed by atoms with E-state index in [1.165, 1.54) is 25.3 Å². The Morgan fingerprint density at radius 1 is 1.10 bits per heavy atom. The van der Waals surface area contributed by atoms with Gasteiger partial charge in [0.05, 0.1) is 4.90 Å². The van der Waals surface area contributed by atoms with Gasteiger partial charge in [0.1, 0.15) is 0 Å². The van der Waals surface area contributed by atoms with Crippen LogP contribution < -0.4 is 5.32 Å². The zero-order chi connectivity index (χ0) is 20.9. The van der Waals surface area contributed by atoms with Crippen LogP contribution in [0.4, 0.5) is 0 Å². The first kappa shape index (κ1) is 20.8. The van der Waals surface area contributed by atoms with E-state index in [1.807, 2.05) is 0 Å². The number of hydrogen-bond acceptors (Lipinski definition) is 3. The molecule has 1 N–H and O–H groups in total. The molecule has 4 saturated carbocycles. The molecule has 1 unspecified atom stereocenters. The summed E-state index contributed by atoms with van der Waals surface area (Å²) >= 11 is 6.04. The van der Waals surface area contributed by atoms with Crippen molar-refractivity contribution in [2.75, 3.05) is 13.1 Å². The minimum Gasteiger partial charge on any atom is -0.354 e. The first-order valence-electron chi connectivity index (χ1n) is 11.4. The Hall–Kier alpha value is -1.11. The number of sulfonamides is 1. The fourth-order valence-corrected chi connectivity index (χ4v) is 9.04. The topological polar surface area (TPSA) is 66.5 Å². The maximum atomic E-state index is 13.3. The molecule has 4 bridgehead atoms. The molecule has 0 spiro atoms. The lowest BCUT2D eigenvalue weighted by atomic mass is 9.49. The molecular weight excluding hydrogens is 420 g/mol. The molecule has 1 aliphatic heterocycles. The van der Waals surface area contributed by atoms with Gasteiger partial charge in [0.25, 0.3) is 0 Å². The highest BCUT2D eigenvalue weighted by Gasteiger charge is 2.54. The second-order valence-electron chi connectivity index (χ2n) is 10.1. The molecule has 1 saturated heterocycles. The van der Waals surface area contributed by atoms with Crippen LogP contribution in [0.25, 0.3) is 0 Å². The Labute approximate surface area is 184 Å². The molecule has 5 aliphatic rings. The molecule has 1 aromatic carbocycles. The van der Waals surface area contributed by atoms with Gasteiger partial charge in [-0.05, 0) is 87.3 Å². The average Bonchev–Trinajstić information content (AvgIpc) is 2.71. The van der Waals surface area contributed by atoms with Crippen molar-refractivity contribution in [3.8, 4) is 0 Å². The molecule has 30 heavy (non-hydrogen) atoms. The van der Waals surface area contributed by atoms with Crippen molar-refractivity contribution < 1.29 is 13.2 Å². The number of halogens is 1. The van der Waals surface area contributed by atoms with Crippen LogP contribution in [0.15, 0.2) is 29.2 Å². The van der Waals surface area contributed by atoms with Crippen molar-refractivity contribution in [3.63, 3.8) is 0 Å². The number of benzene rings is 1. The molecule has 5 nitrogen and oxygen atoms in total. The van der Waals surface area contributed by atoms with Crippen molar-refractivity contribution in [3.05, 3.63) is 29.3 Å². The second-order valence-corrected chi connectivity index (χ2v) is 12.5. The molecule has 164 valence electrons. The minimum absolute atomic E-state index is 0.173. The van der Waals surface area contributed by atoms with Crippen LogP contribution in [0.3, 0.4) is 0 Å². The smallest absolute Gasteiger partial charge is 0.243 e. The van der Waals surface area contributed by atoms with Crippen LogP contribution >= 0.6 is 11.6 Å². The zero-order valence-corrected chi connectivity index (χ0v) is 18.9. The number of piperidine rings is 1. The van der Waals surface area contributed by atoms with E-state index >= 15 is 0 Å². The molecule has 7 heteroatoms. The van der Waals surface area contributed by atoms with Crippen molar-refractivity contribution >= 4 is 27.5 Å². The van der Waals surface area contributed by atoms with Crippen LogP contribution in [0.2, 0.25) is 5.02 Å². The number of hydrogen-bond donors (Lipinski definition) is 1. The van der Waals surface area contributed by atoms with Gasteiger partial charge in [0.2, 0.25) is 15.9 Å². The number of rotatable bonds is 5. The predicted molar refractivity (Wildman–Crippen MR) is 117 cm³/mol. The molecular formula is C23H31ClN2O3S. The first-order valence-corrected chi connectivity index (χ1v) is 13.2. The van der Waals surface area contributed by atoms with Crippen LogP contribution in [0.5, 0.6) is 0 Å². The molecule has 1 atom stereocenters. The van der Waals surface area contributed by atoms with E-state index in [1.54, 1.807) is 22.5 Å². The number of carbonyl (C=O) groups excluding carboxylic acids is 1. The normalized spacial score (nSPS) is 36.0. The van der Waals surface area contributed by atoms with Gasteiger partial charge in [-0.25, -0.2) is 8.42 Å². The van der Waals surface area contributed by atoms with Crippen molar-refractivity contribution in [1.82, 2.24) is 9.62 Å². The van der Waals surface area contributed by atoms with E-state index in [4.69, 9.17) is 11.6 Å². The van der Waals surface area contributed by atoms with Gasteiger partial charge in [-0.2, -0.15) is 4.31 Å². The molecule has 0 aromatic heterocycles. The van der Waals surface area contributed by atoms with Gasteiger partial charge < -0.3 is 5.32 Å². The molecule has 1 aromatic rings. The van der Waals surface area contributed by atoms with Gasteiger partial charge in [0.15, 0.2) is 0 Å². The van der Waals surface area contributed by atoms with Gasteiger partial charge in [0, 0.05) is 29.6 Å². The Kier molecular flexibility index (Phi) is 5.39. The van der Waals surface area contributed by atoms with E-state index in [0.717, 1.165) is 56.3 Å². The monoisotopic (exact) mass is 450 g/mol. The summed E-state index contributed by atoms with van der Waals surface area (Å²) in [7, 11) is -3.63. The summed E-state index contributed by atoms with van der Waals surface area (Å²) in [6.07, 6.45) is 9.61. The first-order chi connectivity index (χ1) is 14.4. The van der Waals surface area contributed by atoms with E-state index in [-0.39, 0.29) is 22.3 Å². The van der Waals surface area contributed by atoms with E-state index in [2.05, 4.69) is 5.32 Å². The van der Waals surface area contributed by atoms with Crippen LogP contribution in [0, 0.1) is 23.2 Å². The quantitative estimate of drug-likeness (QED) is 0.730. The maximum Gasteiger partial charge on any atom is 0.243 e. The third kappa shape index (κ3) is 3.69. The lowest BCUT2D eigenvalue weighted by Gasteiger charge is -2.55. The number of amides is 1. The van der Waals surface area contributed by atoms with Gasteiger partial charge >= 0.3 is 0 Å². The molecule has 0 radical (unpaired) electrons. The number of nitrogens with one attached hydrogen (secondary N) is 1. The Morgan fingerprint density at radius 2 is 1.77 bits per heavy atom. The fraction of sp³-hybridized carbons (Fsp3) is 0.696. The van der Waals surface area contributed by atoms with Gasteiger partial charge in [-0.1, -0.05) is 24.1 Å². The predicted octanol–water partition coefficient (Wildman–Crippen LogP) is 4.22. The van der Waals surface area contributed by atoms with E-state index in [0.29, 0.717) is 18.1 Å². The van der Waals surface area contributed by atoms with Crippen LogP contribution in [-0.2, 0) is 14.8 Å². The zero-order valence-electron chi connectivity index (χ0n) is 17.4. The third-order valence-corrected chi connectivity index (χ3v) is 10.2. The Balaban J connectivity index is 1.29. The molecule has 4 aliphatic carbocycles. The summed E-state index contributed by atoms with van der Waals surface area (Å²) in [5.74, 6) is 2.33. The molecule has 1 heterocycles. The van der Waals surface area contributed by atoms with Crippen LogP contribution in [-0.4, -0.2) is 37.8 Å². The number of carbonyl (C=O) groups is 1. The van der Waals surface area contributed by atoms with Crippen molar-refractivity contribution in [2.45, 2.75) is 68.7 Å². The lowest BCUT2D eigenvalue weighted by Crippen LogP contribution is -2.56. The minimum atomic E-state index is -3.63. The highest BCUT2D eigenvalue weighted by atomic mass is 35.5. The third-order valence-electron chi connectivity index (χ3n) is 7.99. The largest absolute Gasteiger partial charge is 0.354 e. The van der Waals surface area contributed by atoms with E-state index in [9.17, 15) is 13.2 Å². The van der Waals surface area contributed by atoms with E-state index < -0.39 is 10.0 Å². The standard InChI is InChI=1S/C23H31ClN2O3S/c24-19-4-3-6-21(11-19)30(28,29)26-7-2-1-5-20(26)15-25-22(27)23-12-16-8-17(13-23)10-18(9-16)14-23/h3-4,6,11,16-18,20H,1-2,5,7-10,12-15H2,(H,25,27). The molecule has 1 amide bonds. The molecule has 5 fully saturated rings. The van der Waals surface area contributed by atoms with Gasteiger partial charge in [-0.15, -0.1) is 0 Å². The average molecular weight is 451 g/mol. The summed E-state index contributed by atoms with van der Waals surface area (Å²) in [6.45, 7) is 0.896. The van der Waals surface area contributed by atoms with Crippen molar-refractivity contribution in [2.24, 2.45) is 23.2 Å². The SMILES string of the molecule is O=C(NCC1CCCCN1S(=O)(=O)c1cccc(Cl)c1)C12CC3CC(CC(C3)C1)C2. The summed E-state index contributed by atoms with van der Waals surface area (Å²) in [4.78, 5) is 13.5. The lowest BCUT2D eigenvalue weighted by molar-refractivity contribution is -0.146. The summed E-state index contributed by atoms with van der Waals surface area (Å²) in [5, 5.41) is 3.62. The van der Waals surface area contributed by atoms with Crippen molar-refractivity contribution in [1.29, 1.82) is 0 Å².